The third-order valence-electron chi connectivity index (χ3n) is 7.14. The van der Waals surface area contributed by atoms with Gasteiger partial charge < -0.3 is 5.32 Å². The van der Waals surface area contributed by atoms with Gasteiger partial charge in [-0.2, -0.15) is 10.2 Å². The number of amides is 1. The fourth-order valence-corrected chi connectivity index (χ4v) is 5.46. The quantitative estimate of drug-likeness (QED) is 0.470. The summed E-state index contributed by atoms with van der Waals surface area (Å²) in [6.45, 7) is 0.552. The van der Waals surface area contributed by atoms with Gasteiger partial charge in [-0.1, -0.05) is 30.2 Å². The van der Waals surface area contributed by atoms with Crippen molar-refractivity contribution in [2.75, 3.05) is 0 Å². The molecule has 0 saturated heterocycles. The highest BCUT2D eigenvalue weighted by Crippen LogP contribution is 2.55. The summed E-state index contributed by atoms with van der Waals surface area (Å²) in [7, 11) is 0. The Hall–Kier alpha value is -3.12. The number of benzene rings is 2. The summed E-state index contributed by atoms with van der Waals surface area (Å²) in [4.78, 5) is 13.2. The molecule has 0 aliphatic heterocycles. The molecule has 2 aliphatic rings. The number of carbonyl (C=O) groups excluding carboxylic acids is 1. The smallest absolute Gasteiger partial charge is 0.253 e. The first-order valence-corrected chi connectivity index (χ1v) is 11.5. The summed E-state index contributed by atoms with van der Waals surface area (Å²) < 4.78 is 3.69. The topological polar surface area (TPSA) is 64.7 Å². The summed E-state index contributed by atoms with van der Waals surface area (Å²) in [6, 6.07) is 14.0. The average Bonchev–Trinajstić information content (AvgIpc) is 3.41. The van der Waals surface area contributed by atoms with E-state index in [1.165, 1.54) is 19.3 Å². The number of rotatable bonds is 5. The van der Waals surface area contributed by atoms with Gasteiger partial charge in [-0.05, 0) is 67.0 Å². The van der Waals surface area contributed by atoms with Crippen LogP contribution >= 0.6 is 11.6 Å². The van der Waals surface area contributed by atoms with Crippen molar-refractivity contribution in [3.8, 4) is 5.69 Å². The van der Waals surface area contributed by atoms with E-state index in [4.69, 9.17) is 11.6 Å². The van der Waals surface area contributed by atoms with Crippen molar-refractivity contribution in [3.63, 3.8) is 0 Å². The van der Waals surface area contributed by atoms with Gasteiger partial charge in [0.15, 0.2) is 0 Å². The summed E-state index contributed by atoms with van der Waals surface area (Å²) in [5.41, 5.74) is 4.02. The molecule has 2 fully saturated rings. The highest BCUT2D eigenvalue weighted by molar-refractivity contribution is 6.36. The lowest BCUT2D eigenvalue weighted by Crippen LogP contribution is -2.53. The molecule has 6 nitrogen and oxygen atoms in total. The molecule has 2 aromatic heterocycles. The largest absolute Gasteiger partial charge is 0.349 e. The molecule has 32 heavy (non-hydrogen) atoms. The van der Waals surface area contributed by atoms with Crippen LogP contribution in [0.15, 0.2) is 61.1 Å². The van der Waals surface area contributed by atoms with Crippen LogP contribution in [0.5, 0.6) is 0 Å². The van der Waals surface area contributed by atoms with Crippen molar-refractivity contribution in [2.45, 2.75) is 44.7 Å². The zero-order chi connectivity index (χ0) is 21.7. The fraction of sp³-hybridized carbons (Fsp3) is 0.320. The first-order valence-electron chi connectivity index (χ1n) is 11.1. The van der Waals surface area contributed by atoms with Gasteiger partial charge in [0.2, 0.25) is 0 Å². The standard InChI is InChI=1S/C25H24ClN5O/c26-22-8-7-20(24(32)29-18-13-25(14-18)9-1-10-25)23-21(22)15-28-31(23)16-17-3-5-19(6-4-17)30-12-2-11-27-30/h2-8,11-12,15,18H,1,9-10,13-14,16H2,(H,29,32). The van der Waals surface area contributed by atoms with Crippen molar-refractivity contribution >= 4 is 28.4 Å². The molecule has 4 aromatic rings. The lowest BCUT2D eigenvalue weighted by Gasteiger charge is -2.54. The molecule has 0 radical (unpaired) electrons. The Kier molecular flexibility index (Phi) is 4.57. The fourth-order valence-electron chi connectivity index (χ4n) is 5.26. The van der Waals surface area contributed by atoms with Crippen molar-refractivity contribution < 1.29 is 4.79 Å². The summed E-state index contributed by atoms with van der Waals surface area (Å²) >= 11 is 6.44. The maximum absolute atomic E-state index is 13.2. The molecule has 7 heteroatoms. The van der Waals surface area contributed by atoms with Crippen LogP contribution < -0.4 is 5.32 Å². The van der Waals surface area contributed by atoms with E-state index in [0.29, 0.717) is 22.5 Å². The number of hydrogen-bond acceptors (Lipinski definition) is 3. The van der Waals surface area contributed by atoms with Crippen LogP contribution in [-0.2, 0) is 6.54 Å². The lowest BCUT2D eigenvalue weighted by atomic mass is 9.54. The lowest BCUT2D eigenvalue weighted by molar-refractivity contribution is -0.000603. The first-order chi connectivity index (χ1) is 15.6. The van der Waals surface area contributed by atoms with Crippen LogP contribution in [0.3, 0.4) is 0 Å². The Morgan fingerprint density at radius 1 is 1.12 bits per heavy atom. The van der Waals surface area contributed by atoms with Gasteiger partial charge in [-0.15, -0.1) is 0 Å². The van der Waals surface area contributed by atoms with Crippen LogP contribution in [-0.4, -0.2) is 31.5 Å². The van der Waals surface area contributed by atoms with Crippen LogP contribution in [0.1, 0.15) is 48.0 Å². The minimum absolute atomic E-state index is 0.0402. The molecule has 1 N–H and O–H groups in total. The first kappa shape index (κ1) is 19.6. The van der Waals surface area contributed by atoms with Gasteiger partial charge in [-0.3, -0.25) is 9.48 Å². The number of nitrogens with zero attached hydrogens (tertiary/aromatic N) is 4. The Labute approximate surface area is 191 Å². The molecule has 0 unspecified atom stereocenters. The molecule has 0 atom stereocenters. The second-order valence-corrected chi connectivity index (χ2v) is 9.62. The molecular formula is C25H24ClN5O. The van der Waals surface area contributed by atoms with E-state index in [9.17, 15) is 4.79 Å². The van der Waals surface area contributed by atoms with E-state index in [1.807, 2.05) is 39.8 Å². The highest BCUT2D eigenvalue weighted by atomic mass is 35.5. The predicted molar refractivity (Wildman–Crippen MR) is 124 cm³/mol. The Balaban J connectivity index is 1.26. The number of aromatic nitrogens is 4. The third kappa shape index (κ3) is 3.30. The maximum atomic E-state index is 13.2. The van der Waals surface area contributed by atoms with Crippen LogP contribution in [0.4, 0.5) is 0 Å². The normalized spacial score (nSPS) is 17.3. The molecule has 1 spiro atoms. The summed E-state index contributed by atoms with van der Waals surface area (Å²) in [5.74, 6) is -0.0402. The molecule has 6 rings (SSSR count). The van der Waals surface area contributed by atoms with Gasteiger partial charge in [0, 0.05) is 23.8 Å². The Morgan fingerprint density at radius 3 is 2.62 bits per heavy atom. The maximum Gasteiger partial charge on any atom is 0.253 e. The van der Waals surface area contributed by atoms with E-state index >= 15 is 0 Å². The Bertz CT molecular complexity index is 1280. The van der Waals surface area contributed by atoms with Crippen LogP contribution in [0.25, 0.3) is 16.6 Å². The number of carbonyl (C=O) groups is 1. The molecular weight excluding hydrogens is 422 g/mol. The number of nitrogens with one attached hydrogen (secondary N) is 1. The van der Waals surface area contributed by atoms with Crippen molar-refractivity contribution in [3.05, 3.63) is 77.2 Å². The molecule has 2 aliphatic carbocycles. The van der Waals surface area contributed by atoms with Crippen molar-refractivity contribution in [1.82, 2.24) is 24.9 Å². The molecule has 162 valence electrons. The Morgan fingerprint density at radius 2 is 1.94 bits per heavy atom. The molecule has 1 amide bonds. The van der Waals surface area contributed by atoms with Crippen molar-refractivity contribution in [2.24, 2.45) is 5.41 Å². The second kappa shape index (κ2) is 7.48. The zero-order valence-corrected chi connectivity index (χ0v) is 18.4. The molecule has 2 saturated carbocycles. The second-order valence-electron chi connectivity index (χ2n) is 9.21. The van der Waals surface area contributed by atoms with E-state index in [1.54, 1.807) is 18.5 Å². The van der Waals surface area contributed by atoms with Gasteiger partial charge in [0.05, 0.1) is 34.5 Å². The van der Waals surface area contributed by atoms with E-state index < -0.39 is 0 Å². The van der Waals surface area contributed by atoms with Gasteiger partial charge in [-0.25, -0.2) is 4.68 Å². The van der Waals surface area contributed by atoms with E-state index in [0.717, 1.165) is 35.0 Å². The van der Waals surface area contributed by atoms with Gasteiger partial charge >= 0.3 is 0 Å². The minimum atomic E-state index is -0.0402. The molecule has 0 bridgehead atoms. The molecule has 2 aromatic carbocycles. The van der Waals surface area contributed by atoms with Gasteiger partial charge in [0.25, 0.3) is 5.91 Å². The number of halogens is 1. The molecule has 2 heterocycles. The van der Waals surface area contributed by atoms with E-state index in [-0.39, 0.29) is 11.9 Å². The van der Waals surface area contributed by atoms with Crippen molar-refractivity contribution in [1.29, 1.82) is 0 Å². The average molecular weight is 446 g/mol. The SMILES string of the molecule is O=C(NC1CC2(CCC2)C1)c1ccc(Cl)c2cnn(Cc3ccc(-n4cccn4)cc3)c12. The summed E-state index contributed by atoms with van der Waals surface area (Å²) in [5, 5.41) is 13.5. The minimum Gasteiger partial charge on any atom is -0.349 e. The van der Waals surface area contributed by atoms with Gasteiger partial charge in [0.1, 0.15) is 0 Å². The van der Waals surface area contributed by atoms with Crippen LogP contribution in [0.2, 0.25) is 5.02 Å². The highest BCUT2D eigenvalue weighted by Gasteiger charge is 2.48. The van der Waals surface area contributed by atoms with Crippen LogP contribution in [0, 0.1) is 5.41 Å². The number of hydrogen-bond donors (Lipinski definition) is 1. The number of fused-ring (bicyclic) bond motifs is 1. The third-order valence-corrected chi connectivity index (χ3v) is 7.47. The summed E-state index contributed by atoms with van der Waals surface area (Å²) in [6.07, 6.45) is 11.6. The predicted octanol–water partition coefficient (Wildman–Crippen LogP) is 4.99. The zero-order valence-electron chi connectivity index (χ0n) is 17.7. The van der Waals surface area contributed by atoms with E-state index in [2.05, 4.69) is 27.6 Å². The monoisotopic (exact) mass is 445 g/mol.